The molecule has 2 aromatic carbocycles. The molecule has 4 rings (SSSR count). The third-order valence-electron chi connectivity index (χ3n) is 4.18. The predicted octanol–water partition coefficient (Wildman–Crippen LogP) is 2.59. The van der Waals surface area contributed by atoms with E-state index < -0.39 is 18.0 Å². The van der Waals surface area contributed by atoms with E-state index in [2.05, 4.69) is 15.3 Å². The van der Waals surface area contributed by atoms with Crippen LogP contribution >= 0.6 is 0 Å². The summed E-state index contributed by atoms with van der Waals surface area (Å²) in [6.07, 6.45) is 2.03. The summed E-state index contributed by atoms with van der Waals surface area (Å²) in [7, 11) is 0. The Morgan fingerprint density at radius 3 is 2.71 bits per heavy atom. The summed E-state index contributed by atoms with van der Waals surface area (Å²) < 4.78 is 16.3. The van der Waals surface area contributed by atoms with Crippen LogP contribution in [-0.4, -0.2) is 41.2 Å². The Morgan fingerprint density at radius 1 is 1.07 bits per heavy atom. The number of anilines is 1. The number of nitrogens with zero attached hydrogens (tertiary/aromatic N) is 2. The van der Waals surface area contributed by atoms with Gasteiger partial charge in [0, 0.05) is 24.1 Å². The van der Waals surface area contributed by atoms with Gasteiger partial charge in [0.25, 0.3) is 5.91 Å². The van der Waals surface area contributed by atoms with Crippen LogP contribution in [0.1, 0.15) is 17.3 Å². The molecule has 8 nitrogen and oxygen atoms in total. The molecular weight excluding hydrogens is 362 g/mol. The Hall–Kier alpha value is -3.68. The van der Waals surface area contributed by atoms with Gasteiger partial charge in [-0.05, 0) is 31.2 Å². The molecule has 1 amide bonds. The average Bonchev–Trinajstić information content (AvgIpc) is 2.73. The standard InChI is InChI=1S/C20H17N3O5/c1-12(19(24)23-13-5-6-16-17(11-13)27-10-9-26-16)28-20(25)14-3-2-4-15-18(14)22-8-7-21-15/h2-8,11-12H,9-10H2,1H3,(H,23,24). The minimum atomic E-state index is -1.01. The number of ether oxygens (including phenoxy) is 3. The van der Waals surface area contributed by atoms with Crippen LogP contribution in [0.3, 0.4) is 0 Å². The summed E-state index contributed by atoms with van der Waals surface area (Å²) in [5.74, 6) is 0.0797. The van der Waals surface area contributed by atoms with Crippen molar-refractivity contribution in [1.29, 1.82) is 0 Å². The summed E-state index contributed by atoms with van der Waals surface area (Å²) in [5, 5.41) is 2.71. The number of carbonyl (C=O) groups is 2. The maximum absolute atomic E-state index is 12.5. The van der Waals surface area contributed by atoms with Crippen molar-refractivity contribution >= 4 is 28.6 Å². The molecule has 1 unspecified atom stereocenters. The maximum Gasteiger partial charge on any atom is 0.341 e. The van der Waals surface area contributed by atoms with Crippen molar-refractivity contribution in [2.24, 2.45) is 0 Å². The molecule has 0 bridgehead atoms. The second-order valence-electron chi connectivity index (χ2n) is 6.12. The van der Waals surface area contributed by atoms with Crippen LogP contribution in [0, 0.1) is 0 Å². The van der Waals surface area contributed by atoms with E-state index >= 15 is 0 Å². The summed E-state index contributed by atoms with van der Waals surface area (Å²) in [6, 6.07) is 10.1. The van der Waals surface area contributed by atoms with E-state index in [0.29, 0.717) is 41.4 Å². The third kappa shape index (κ3) is 3.57. The van der Waals surface area contributed by atoms with E-state index in [9.17, 15) is 9.59 Å². The van der Waals surface area contributed by atoms with Gasteiger partial charge in [0.05, 0.1) is 11.1 Å². The zero-order chi connectivity index (χ0) is 19.5. The number of carbonyl (C=O) groups excluding carboxylic acids is 2. The van der Waals surface area contributed by atoms with Crippen LogP contribution in [0.15, 0.2) is 48.8 Å². The van der Waals surface area contributed by atoms with Gasteiger partial charge in [0.2, 0.25) is 0 Å². The lowest BCUT2D eigenvalue weighted by molar-refractivity contribution is -0.123. The van der Waals surface area contributed by atoms with E-state index in [1.54, 1.807) is 42.6 Å². The van der Waals surface area contributed by atoms with Gasteiger partial charge in [0.15, 0.2) is 17.6 Å². The van der Waals surface area contributed by atoms with Crippen LogP contribution < -0.4 is 14.8 Å². The summed E-state index contributed by atoms with van der Waals surface area (Å²) in [4.78, 5) is 33.3. The summed E-state index contributed by atoms with van der Waals surface area (Å²) >= 11 is 0. The number of hydrogen-bond acceptors (Lipinski definition) is 7. The molecule has 0 aliphatic carbocycles. The van der Waals surface area contributed by atoms with Crippen molar-refractivity contribution < 1.29 is 23.8 Å². The fourth-order valence-electron chi connectivity index (χ4n) is 2.80. The normalized spacial score (nSPS) is 13.6. The fraction of sp³-hybridized carbons (Fsp3) is 0.200. The van der Waals surface area contributed by atoms with Gasteiger partial charge in [-0.25, -0.2) is 4.79 Å². The lowest BCUT2D eigenvalue weighted by Gasteiger charge is -2.19. The van der Waals surface area contributed by atoms with E-state index in [1.807, 2.05) is 0 Å². The van der Waals surface area contributed by atoms with Crippen LogP contribution in [-0.2, 0) is 9.53 Å². The number of aromatic nitrogens is 2. The average molecular weight is 379 g/mol. The number of fused-ring (bicyclic) bond motifs is 2. The Morgan fingerprint density at radius 2 is 1.86 bits per heavy atom. The first kappa shape index (κ1) is 17.7. The van der Waals surface area contributed by atoms with E-state index in [-0.39, 0.29) is 5.56 Å². The second kappa shape index (κ2) is 7.51. The van der Waals surface area contributed by atoms with Gasteiger partial charge in [0.1, 0.15) is 18.7 Å². The highest BCUT2D eigenvalue weighted by molar-refractivity contribution is 6.03. The van der Waals surface area contributed by atoms with Crippen molar-refractivity contribution in [3.8, 4) is 11.5 Å². The molecule has 3 aromatic rings. The molecule has 1 atom stereocenters. The Labute approximate surface area is 160 Å². The van der Waals surface area contributed by atoms with Crippen LogP contribution in [0.4, 0.5) is 5.69 Å². The Bertz CT molecular complexity index is 1050. The Kier molecular flexibility index (Phi) is 4.76. The highest BCUT2D eigenvalue weighted by atomic mass is 16.6. The number of esters is 1. The van der Waals surface area contributed by atoms with Crippen LogP contribution in [0.2, 0.25) is 0 Å². The van der Waals surface area contributed by atoms with Gasteiger partial charge in [-0.3, -0.25) is 14.8 Å². The fourth-order valence-corrected chi connectivity index (χ4v) is 2.80. The molecule has 1 N–H and O–H groups in total. The maximum atomic E-state index is 12.5. The van der Waals surface area contributed by atoms with Crippen LogP contribution in [0.5, 0.6) is 11.5 Å². The number of para-hydroxylation sites is 1. The van der Waals surface area contributed by atoms with Gasteiger partial charge in [-0.1, -0.05) is 6.07 Å². The highest BCUT2D eigenvalue weighted by Crippen LogP contribution is 2.32. The van der Waals surface area contributed by atoms with E-state index in [4.69, 9.17) is 14.2 Å². The largest absolute Gasteiger partial charge is 0.486 e. The van der Waals surface area contributed by atoms with E-state index in [1.165, 1.54) is 13.1 Å². The zero-order valence-corrected chi connectivity index (χ0v) is 15.0. The first-order valence-electron chi connectivity index (χ1n) is 8.73. The van der Waals surface area contributed by atoms with Gasteiger partial charge >= 0.3 is 5.97 Å². The minimum absolute atomic E-state index is 0.254. The lowest BCUT2D eigenvalue weighted by atomic mass is 10.2. The number of benzene rings is 2. The molecule has 0 saturated carbocycles. The molecule has 1 aliphatic rings. The lowest BCUT2D eigenvalue weighted by Crippen LogP contribution is -2.30. The summed E-state index contributed by atoms with van der Waals surface area (Å²) in [6.45, 7) is 2.44. The SMILES string of the molecule is CC(OC(=O)c1cccc2nccnc12)C(=O)Nc1ccc2c(c1)OCCO2. The van der Waals surface area contributed by atoms with Crippen molar-refractivity contribution in [3.63, 3.8) is 0 Å². The number of amides is 1. The van der Waals surface area contributed by atoms with Crippen molar-refractivity contribution in [2.45, 2.75) is 13.0 Å². The molecule has 0 saturated heterocycles. The van der Waals surface area contributed by atoms with Gasteiger partial charge in [-0.2, -0.15) is 0 Å². The smallest absolute Gasteiger partial charge is 0.341 e. The summed E-state index contributed by atoms with van der Waals surface area (Å²) in [5.41, 5.74) is 1.78. The second-order valence-corrected chi connectivity index (χ2v) is 6.12. The van der Waals surface area contributed by atoms with Crippen molar-refractivity contribution in [2.75, 3.05) is 18.5 Å². The quantitative estimate of drug-likeness (QED) is 0.696. The van der Waals surface area contributed by atoms with Crippen molar-refractivity contribution in [1.82, 2.24) is 9.97 Å². The third-order valence-corrected chi connectivity index (χ3v) is 4.18. The van der Waals surface area contributed by atoms with E-state index in [0.717, 1.165) is 0 Å². The zero-order valence-electron chi connectivity index (χ0n) is 15.0. The molecule has 1 aliphatic heterocycles. The Balaban J connectivity index is 1.45. The first-order chi connectivity index (χ1) is 13.6. The first-order valence-corrected chi connectivity index (χ1v) is 8.73. The monoisotopic (exact) mass is 379 g/mol. The number of nitrogens with one attached hydrogen (secondary N) is 1. The molecular formula is C20H17N3O5. The number of hydrogen-bond donors (Lipinski definition) is 1. The molecule has 8 heteroatoms. The van der Waals surface area contributed by atoms with Crippen LogP contribution in [0.25, 0.3) is 11.0 Å². The van der Waals surface area contributed by atoms with Gasteiger partial charge in [-0.15, -0.1) is 0 Å². The molecule has 0 fully saturated rings. The minimum Gasteiger partial charge on any atom is -0.486 e. The molecule has 1 aromatic heterocycles. The van der Waals surface area contributed by atoms with Gasteiger partial charge < -0.3 is 19.5 Å². The molecule has 28 heavy (non-hydrogen) atoms. The highest BCUT2D eigenvalue weighted by Gasteiger charge is 2.22. The molecule has 142 valence electrons. The molecule has 0 spiro atoms. The number of rotatable bonds is 4. The predicted molar refractivity (Wildman–Crippen MR) is 100 cm³/mol. The topological polar surface area (TPSA) is 99.6 Å². The molecule has 0 radical (unpaired) electrons. The van der Waals surface area contributed by atoms with Crippen molar-refractivity contribution in [3.05, 3.63) is 54.4 Å². The molecule has 2 heterocycles.